The minimum Gasteiger partial charge on any atom is -0.393 e. The Bertz CT molecular complexity index is 331. The molecule has 1 N–H and O–H groups in total. The first-order valence-electron chi connectivity index (χ1n) is 6.28. The molecule has 0 radical (unpaired) electrons. The van der Waals surface area contributed by atoms with E-state index < -0.39 is 0 Å². The summed E-state index contributed by atoms with van der Waals surface area (Å²) >= 11 is 2.29. The molecule has 1 aromatic rings. The topological polar surface area (TPSA) is 29.5 Å². The summed E-state index contributed by atoms with van der Waals surface area (Å²) in [6.45, 7) is 0.901. The molecule has 17 heavy (non-hydrogen) atoms. The Labute approximate surface area is 117 Å². The van der Waals surface area contributed by atoms with Gasteiger partial charge in [-0.2, -0.15) is 0 Å². The first-order chi connectivity index (χ1) is 8.24. The molecule has 1 fully saturated rings. The van der Waals surface area contributed by atoms with Crippen LogP contribution in [-0.4, -0.2) is 23.9 Å². The third kappa shape index (κ3) is 4.56. The molecular weight excluding hydrogens is 327 g/mol. The molecule has 1 saturated heterocycles. The van der Waals surface area contributed by atoms with Gasteiger partial charge in [0.2, 0.25) is 0 Å². The average molecular weight is 346 g/mol. The molecule has 2 nitrogen and oxygen atoms in total. The lowest BCUT2D eigenvalue weighted by molar-refractivity contribution is 0.0813. The fourth-order valence-corrected chi connectivity index (χ4v) is 2.60. The summed E-state index contributed by atoms with van der Waals surface area (Å²) < 4.78 is 6.79. The molecule has 0 bridgehead atoms. The van der Waals surface area contributed by atoms with Crippen LogP contribution < -0.4 is 0 Å². The average Bonchev–Trinajstić information content (AvgIpc) is 2.83. The van der Waals surface area contributed by atoms with Gasteiger partial charge in [-0.25, -0.2) is 0 Å². The fourth-order valence-electron chi connectivity index (χ4n) is 2.24. The van der Waals surface area contributed by atoms with Crippen LogP contribution in [0.15, 0.2) is 24.3 Å². The Kier molecular flexibility index (Phi) is 5.25. The van der Waals surface area contributed by atoms with Crippen molar-refractivity contribution in [1.82, 2.24) is 0 Å². The molecule has 1 heterocycles. The van der Waals surface area contributed by atoms with Gasteiger partial charge in [0.15, 0.2) is 0 Å². The van der Waals surface area contributed by atoms with Gasteiger partial charge in [-0.15, -0.1) is 0 Å². The van der Waals surface area contributed by atoms with E-state index in [4.69, 9.17) is 4.74 Å². The van der Waals surface area contributed by atoms with E-state index in [9.17, 15) is 5.11 Å². The molecule has 2 unspecified atom stereocenters. The maximum Gasteiger partial charge on any atom is 0.0581 e. The van der Waals surface area contributed by atoms with Crippen LogP contribution in [0.4, 0.5) is 0 Å². The van der Waals surface area contributed by atoms with Crippen molar-refractivity contribution in [1.29, 1.82) is 0 Å². The maximum atomic E-state index is 9.97. The molecular formula is C14H19IO2. The molecule has 0 spiro atoms. The minimum absolute atomic E-state index is 0.237. The smallest absolute Gasteiger partial charge is 0.0581 e. The van der Waals surface area contributed by atoms with Crippen molar-refractivity contribution in [2.24, 2.45) is 0 Å². The summed E-state index contributed by atoms with van der Waals surface area (Å²) in [5, 5.41) is 9.97. The van der Waals surface area contributed by atoms with Crippen LogP contribution in [-0.2, 0) is 11.2 Å². The molecule has 0 aromatic heterocycles. The summed E-state index contributed by atoms with van der Waals surface area (Å²) in [7, 11) is 0. The summed E-state index contributed by atoms with van der Waals surface area (Å²) in [5.74, 6) is 0. The van der Waals surface area contributed by atoms with E-state index in [2.05, 4.69) is 46.9 Å². The van der Waals surface area contributed by atoms with Gasteiger partial charge in [0, 0.05) is 10.2 Å². The summed E-state index contributed by atoms with van der Waals surface area (Å²) in [4.78, 5) is 0. The number of benzene rings is 1. The zero-order valence-electron chi connectivity index (χ0n) is 9.94. The van der Waals surface area contributed by atoms with Crippen molar-refractivity contribution in [2.45, 2.75) is 44.3 Å². The largest absolute Gasteiger partial charge is 0.393 e. The second-order valence-electron chi connectivity index (χ2n) is 4.70. The normalized spacial score (nSPS) is 21.6. The van der Waals surface area contributed by atoms with Crippen LogP contribution in [0.1, 0.15) is 31.2 Å². The molecule has 2 atom stereocenters. The highest BCUT2D eigenvalue weighted by molar-refractivity contribution is 14.1. The van der Waals surface area contributed by atoms with Crippen molar-refractivity contribution in [3.63, 3.8) is 0 Å². The van der Waals surface area contributed by atoms with E-state index in [0.717, 1.165) is 32.3 Å². The first kappa shape index (κ1) is 13.3. The Hall–Kier alpha value is -0.130. The second-order valence-corrected chi connectivity index (χ2v) is 5.94. The highest BCUT2D eigenvalue weighted by Gasteiger charge is 2.17. The molecule has 94 valence electrons. The quantitative estimate of drug-likeness (QED) is 0.830. The number of hydrogen-bond donors (Lipinski definition) is 1. The molecule has 1 aromatic carbocycles. The molecule has 0 aliphatic carbocycles. The predicted octanol–water partition coefficient (Wildman–Crippen LogP) is 3.15. The van der Waals surface area contributed by atoms with Crippen molar-refractivity contribution in [2.75, 3.05) is 6.61 Å². The monoisotopic (exact) mass is 346 g/mol. The van der Waals surface area contributed by atoms with Crippen molar-refractivity contribution in [3.05, 3.63) is 33.4 Å². The van der Waals surface area contributed by atoms with E-state index in [1.165, 1.54) is 15.6 Å². The zero-order chi connectivity index (χ0) is 12.1. The Balaban J connectivity index is 1.72. The van der Waals surface area contributed by atoms with Crippen molar-refractivity contribution >= 4 is 22.6 Å². The number of hydrogen-bond acceptors (Lipinski definition) is 2. The number of halogens is 1. The lowest BCUT2D eigenvalue weighted by atomic mass is 10.0. The lowest BCUT2D eigenvalue weighted by Gasteiger charge is -2.14. The maximum absolute atomic E-state index is 9.97. The van der Waals surface area contributed by atoms with Crippen LogP contribution >= 0.6 is 22.6 Å². The van der Waals surface area contributed by atoms with Gasteiger partial charge in [-0.1, -0.05) is 12.1 Å². The summed E-state index contributed by atoms with van der Waals surface area (Å²) in [5.41, 5.74) is 1.21. The van der Waals surface area contributed by atoms with E-state index in [-0.39, 0.29) is 6.10 Å². The van der Waals surface area contributed by atoms with E-state index in [0.29, 0.717) is 6.10 Å². The van der Waals surface area contributed by atoms with Gasteiger partial charge >= 0.3 is 0 Å². The fraction of sp³-hybridized carbons (Fsp3) is 0.571. The lowest BCUT2D eigenvalue weighted by Crippen LogP contribution is -2.14. The van der Waals surface area contributed by atoms with Gasteiger partial charge in [-0.3, -0.25) is 0 Å². The number of aliphatic hydroxyl groups is 1. The molecule has 2 rings (SSSR count). The molecule has 0 saturated carbocycles. The third-order valence-corrected chi connectivity index (χ3v) is 3.95. The van der Waals surface area contributed by atoms with E-state index in [1.54, 1.807) is 0 Å². The highest BCUT2D eigenvalue weighted by atomic mass is 127. The number of aliphatic hydroxyl groups excluding tert-OH is 1. The predicted molar refractivity (Wildman–Crippen MR) is 77.1 cm³/mol. The zero-order valence-corrected chi connectivity index (χ0v) is 12.1. The van der Waals surface area contributed by atoms with E-state index >= 15 is 0 Å². The highest BCUT2D eigenvalue weighted by Crippen LogP contribution is 2.19. The number of ether oxygens (including phenoxy) is 1. The second kappa shape index (κ2) is 6.71. The van der Waals surface area contributed by atoms with Crippen LogP contribution in [0.25, 0.3) is 0 Å². The molecule has 3 heteroatoms. The summed E-state index contributed by atoms with van der Waals surface area (Å²) in [6, 6.07) is 8.36. The SMILES string of the molecule is OC(CCC1CCCO1)Cc1ccc(I)cc1. The van der Waals surface area contributed by atoms with Crippen LogP contribution in [0.5, 0.6) is 0 Å². The Morgan fingerprint density at radius 2 is 2.12 bits per heavy atom. The van der Waals surface area contributed by atoms with Gasteiger partial charge in [0.1, 0.15) is 0 Å². The van der Waals surface area contributed by atoms with Crippen LogP contribution in [0, 0.1) is 3.57 Å². The van der Waals surface area contributed by atoms with Gasteiger partial charge in [0.05, 0.1) is 12.2 Å². The van der Waals surface area contributed by atoms with Gasteiger partial charge < -0.3 is 9.84 Å². The molecule has 0 amide bonds. The van der Waals surface area contributed by atoms with Gasteiger partial charge in [-0.05, 0) is 72.4 Å². The van der Waals surface area contributed by atoms with Crippen molar-refractivity contribution < 1.29 is 9.84 Å². The van der Waals surface area contributed by atoms with E-state index in [1.807, 2.05) is 0 Å². The van der Waals surface area contributed by atoms with Crippen molar-refractivity contribution in [3.8, 4) is 0 Å². The Morgan fingerprint density at radius 1 is 1.35 bits per heavy atom. The molecule has 1 aliphatic rings. The Morgan fingerprint density at radius 3 is 2.76 bits per heavy atom. The van der Waals surface area contributed by atoms with Gasteiger partial charge in [0.25, 0.3) is 0 Å². The minimum atomic E-state index is -0.237. The summed E-state index contributed by atoms with van der Waals surface area (Å²) in [6.07, 6.45) is 5.08. The van der Waals surface area contributed by atoms with Crippen LogP contribution in [0.2, 0.25) is 0 Å². The van der Waals surface area contributed by atoms with Crippen LogP contribution in [0.3, 0.4) is 0 Å². The number of rotatable bonds is 5. The first-order valence-corrected chi connectivity index (χ1v) is 7.36. The third-order valence-electron chi connectivity index (χ3n) is 3.23. The molecule has 1 aliphatic heterocycles. The standard InChI is InChI=1S/C14H19IO2/c15-12-5-3-11(4-6-12)10-13(16)7-8-14-2-1-9-17-14/h3-6,13-14,16H,1-2,7-10H2.